The number of hydrogen-bond donors (Lipinski definition) is 1. The summed E-state index contributed by atoms with van der Waals surface area (Å²) in [7, 11) is 2.05. The first kappa shape index (κ1) is 18.7. The standard InChI is InChI=1S/C19H20N2O4.BrH/c1-20-7-5-13-9-17(21(23)24)18(22)10-15(13)16(11-20)14-4-2-3-12-6-8-25-19(12)14;/h2-4,9-10,16,22H,5-8,11H2,1H3;1H. The number of nitro groups is 1. The van der Waals surface area contributed by atoms with Crippen molar-refractivity contribution in [2.24, 2.45) is 0 Å². The van der Waals surface area contributed by atoms with Crippen LogP contribution in [0.1, 0.15) is 28.2 Å². The minimum Gasteiger partial charge on any atom is -0.502 e. The maximum atomic E-state index is 11.2. The van der Waals surface area contributed by atoms with Crippen LogP contribution in [0.25, 0.3) is 0 Å². The molecule has 0 spiro atoms. The van der Waals surface area contributed by atoms with E-state index in [9.17, 15) is 15.2 Å². The molecule has 2 heterocycles. The first-order valence-corrected chi connectivity index (χ1v) is 8.48. The third kappa shape index (κ3) is 3.17. The van der Waals surface area contributed by atoms with Crippen LogP contribution in [0.15, 0.2) is 30.3 Å². The minimum atomic E-state index is -0.525. The summed E-state index contributed by atoms with van der Waals surface area (Å²) in [4.78, 5) is 12.9. The topological polar surface area (TPSA) is 75.8 Å². The number of likely N-dealkylation sites (N-methyl/N-ethyl adjacent to an activating group) is 1. The average molecular weight is 421 g/mol. The lowest BCUT2D eigenvalue weighted by atomic mass is 9.86. The molecule has 2 aromatic rings. The summed E-state index contributed by atoms with van der Waals surface area (Å²) in [5, 5.41) is 21.3. The van der Waals surface area contributed by atoms with Gasteiger partial charge in [-0.2, -0.15) is 0 Å². The smallest absolute Gasteiger partial charge is 0.310 e. The predicted octanol–water partition coefficient (Wildman–Crippen LogP) is 3.43. The van der Waals surface area contributed by atoms with Crippen molar-refractivity contribution >= 4 is 22.7 Å². The van der Waals surface area contributed by atoms with Gasteiger partial charge in [-0.1, -0.05) is 18.2 Å². The van der Waals surface area contributed by atoms with Gasteiger partial charge in [0.15, 0.2) is 5.75 Å². The van der Waals surface area contributed by atoms with Crippen LogP contribution in [0, 0.1) is 10.1 Å². The number of benzene rings is 2. The van der Waals surface area contributed by atoms with Gasteiger partial charge >= 0.3 is 5.69 Å². The lowest BCUT2D eigenvalue weighted by Gasteiger charge is -2.23. The summed E-state index contributed by atoms with van der Waals surface area (Å²) in [5.41, 5.74) is 3.96. The molecule has 0 aliphatic carbocycles. The van der Waals surface area contributed by atoms with E-state index in [-0.39, 0.29) is 34.3 Å². The van der Waals surface area contributed by atoms with E-state index in [2.05, 4.69) is 24.1 Å². The average Bonchev–Trinajstić information content (AvgIpc) is 3.00. The molecule has 2 aliphatic heterocycles. The SMILES string of the molecule is Br.CN1CCc2cc([N+](=O)[O-])c(O)cc2C(c2cccc3c2OCC3)C1. The Morgan fingerprint density at radius 3 is 2.81 bits per heavy atom. The second-order valence-electron chi connectivity index (χ2n) is 6.80. The second-order valence-corrected chi connectivity index (χ2v) is 6.80. The van der Waals surface area contributed by atoms with Gasteiger partial charge in [0.05, 0.1) is 11.5 Å². The van der Waals surface area contributed by atoms with Gasteiger partial charge in [0.1, 0.15) is 5.75 Å². The van der Waals surface area contributed by atoms with E-state index in [0.717, 1.165) is 48.4 Å². The summed E-state index contributed by atoms with van der Waals surface area (Å²) < 4.78 is 5.88. The monoisotopic (exact) mass is 420 g/mol. The molecule has 1 unspecified atom stereocenters. The minimum absolute atomic E-state index is 0. The fourth-order valence-corrected chi connectivity index (χ4v) is 3.92. The molecule has 0 fully saturated rings. The van der Waals surface area contributed by atoms with Gasteiger partial charge in [0.25, 0.3) is 0 Å². The van der Waals surface area contributed by atoms with Crippen molar-refractivity contribution in [2.75, 3.05) is 26.7 Å². The Morgan fingerprint density at radius 1 is 1.23 bits per heavy atom. The van der Waals surface area contributed by atoms with Crippen molar-refractivity contribution in [2.45, 2.75) is 18.8 Å². The first-order chi connectivity index (χ1) is 12.0. The number of nitrogens with zero attached hydrogens (tertiary/aromatic N) is 2. The molecule has 0 bridgehead atoms. The van der Waals surface area contributed by atoms with Gasteiger partial charge in [-0.25, -0.2) is 0 Å². The number of rotatable bonds is 2. The van der Waals surface area contributed by atoms with Crippen LogP contribution in [0.5, 0.6) is 11.5 Å². The number of aromatic hydroxyl groups is 1. The highest BCUT2D eigenvalue weighted by Crippen LogP contribution is 2.42. The lowest BCUT2D eigenvalue weighted by Crippen LogP contribution is -2.24. The van der Waals surface area contributed by atoms with Crippen molar-refractivity contribution in [3.05, 3.63) is 62.7 Å². The Labute approximate surface area is 162 Å². The van der Waals surface area contributed by atoms with E-state index in [1.54, 1.807) is 6.07 Å². The number of para-hydroxylation sites is 1. The fraction of sp³-hybridized carbons (Fsp3) is 0.368. The molecule has 2 aliphatic rings. The highest BCUT2D eigenvalue weighted by molar-refractivity contribution is 8.93. The van der Waals surface area contributed by atoms with Crippen LogP contribution in [-0.4, -0.2) is 41.7 Å². The van der Waals surface area contributed by atoms with Crippen molar-refractivity contribution in [1.29, 1.82) is 0 Å². The molecule has 138 valence electrons. The van der Waals surface area contributed by atoms with E-state index < -0.39 is 4.92 Å². The Hall–Kier alpha value is -2.12. The molecule has 0 amide bonds. The Balaban J connectivity index is 0.00000196. The molecular formula is C19H21BrN2O4. The zero-order valence-electron chi connectivity index (χ0n) is 14.5. The van der Waals surface area contributed by atoms with E-state index in [4.69, 9.17) is 4.74 Å². The van der Waals surface area contributed by atoms with Crippen molar-refractivity contribution in [3.63, 3.8) is 0 Å². The van der Waals surface area contributed by atoms with Crippen LogP contribution in [0.3, 0.4) is 0 Å². The zero-order chi connectivity index (χ0) is 17.6. The number of fused-ring (bicyclic) bond motifs is 2. The molecule has 0 aromatic heterocycles. The van der Waals surface area contributed by atoms with Gasteiger partial charge in [0, 0.05) is 37.1 Å². The summed E-state index contributed by atoms with van der Waals surface area (Å²) >= 11 is 0. The number of phenolic OH excluding ortho intramolecular Hbond substituents is 1. The first-order valence-electron chi connectivity index (χ1n) is 8.48. The highest BCUT2D eigenvalue weighted by Gasteiger charge is 2.30. The van der Waals surface area contributed by atoms with Gasteiger partial charge in [-0.05, 0) is 36.2 Å². The quantitative estimate of drug-likeness (QED) is 0.594. The molecule has 26 heavy (non-hydrogen) atoms. The van der Waals surface area contributed by atoms with Gasteiger partial charge in [0.2, 0.25) is 0 Å². The van der Waals surface area contributed by atoms with E-state index in [0.29, 0.717) is 6.61 Å². The van der Waals surface area contributed by atoms with Crippen LogP contribution < -0.4 is 4.74 Å². The second kappa shape index (κ2) is 7.25. The summed E-state index contributed by atoms with van der Waals surface area (Å²) in [6, 6.07) is 9.29. The largest absolute Gasteiger partial charge is 0.502 e. The van der Waals surface area contributed by atoms with Crippen LogP contribution in [0.4, 0.5) is 5.69 Å². The van der Waals surface area contributed by atoms with Crippen LogP contribution >= 0.6 is 17.0 Å². The summed E-state index contributed by atoms with van der Waals surface area (Å²) in [5.74, 6) is 0.681. The highest BCUT2D eigenvalue weighted by atomic mass is 79.9. The van der Waals surface area contributed by atoms with Gasteiger partial charge < -0.3 is 14.7 Å². The molecule has 6 nitrogen and oxygen atoms in total. The molecule has 2 aromatic carbocycles. The number of hydrogen-bond acceptors (Lipinski definition) is 5. The van der Waals surface area contributed by atoms with Gasteiger partial charge in [-0.3, -0.25) is 10.1 Å². The molecule has 1 N–H and O–H groups in total. The molecule has 0 radical (unpaired) electrons. The van der Waals surface area contributed by atoms with Crippen molar-refractivity contribution < 1.29 is 14.8 Å². The summed E-state index contributed by atoms with van der Waals surface area (Å²) in [6.07, 6.45) is 1.63. The third-order valence-corrected chi connectivity index (χ3v) is 5.19. The molecule has 1 atom stereocenters. The molecule has 4 rings (SSSR count). The normalized spacial score (nSPS) is 18.9. The molecule has 7 heteroatoms. The van der Waals surface area contributed by atoms with E-state index in [1.807, 2.05) is 6.07 Å². The Bertz CT molecular complexity index is 856. The Morgan fingerprint density at radius 2 is 2.04 bits per heavy atom. The lowest BCUT2D eigenvalue weighted by molar-refractivity contribution is -0.385. The third-order valence-electron chi connectivity index (χ3n) is 5.19. The van der Waals surface area contributed by atoms with E-state index in [1.165, 1.54) is 11.6 Å². The maximum absolute atomic E-state index is 11.2. The number of halogens is 1. The number of ether oxygens (including phenoxy) is 1. The van der Waals surface area contributed by atoms with E-state index >= 15 is 0 Å². The molecule has 0 saturated heterocycles. The predicted molar refractivity (Wildman–Crippen MR) is 104 cm³/mol. The number of phenols is 1. The van der Waals surface area contributed by atoms with Crippen molar-refractivity contribution in [3.8, 4) is 11.5 Å². The van der Waals surface area contributed by atoms with Crippen LogP contribution in [0.2, 0.25) is 0 Å². The zero-order valence-corrected chi connectivity index (χ0v) is 16.2. The Kier molecular flexibility index (Phi) is 5.20. The fourth-order valence-electron chi connectivity index (χ4n) is 3.92. The molecular weight excluding hydrogens is 400 g/mol. The number of nitro benzene ring substituents is 1. The van der Waals surface area contributed by atoms with Crippen molar-refractivity contribution in [1.82, 2.24) is 4.90 Å². The van der Waals surface area contributed by atoms with Crippen LogP contribution in [-0.2, 0) is 12.8 Å². The molecule has 0 saturated carbocycles. The summed E-state index contributed by atoms with van der Waals surface area (Å²) in [6.45, 7) is 2.29. The maximum Gasteiger partial charge on any atom is 0.310 e. The van der Waals surface area contributed by atoms with Gasteiger partial charge in [-0.15, -0.1) is 17.0 Å².